The summed E-state index contributed by atoms with van der Waals surface area (Å²) in [6.07, 6.45) is 2.77. The van der Waals surface area contributed by atoms with Crippen LogP contribution in [0.2, 0.25) is 0 Å². The molecular weight excluding hydrogens is 158 g/mol. The van der Waals surface area contributed by atoms with Gasteiger partial charge in [-0.2, -0.15) is 0 Å². The summed E-state index contributed by atoms with van der Waals surface area (Å²) in [6, 6.07) is 0. The van der Waals surface area contributed by atoms with E-state index in [-0.39, 0.29) is 0 Å². The minimum Gasteiger partial charge on any atom is -0.330 e. The molecule has 4 atom stereocenters. The maximum absolute atomic E-state index is 5.82. The molecule has 78 valence electrons. The van der Waals surface area contributed by atoms with Crippen LogP contribution in [-0.4, -0.2) is 6.54 Å². The molecule has 0 saturated heterocycles. The zero-order valence-corrected chi connectivity index (χ0v) is 9.59. The molecule has 1 heteroatoms. The predicted molar refractivity (Wildman–Crippen MR) is 58.4 cm³/mol. The summed E-state index contributed by atoms with van der Waals surface area (Å²) >= 11 is 0. The van der Waals surface area contributed by atoms with Crippen molar-refractivity contribution in [3.63, 3.8) is 0 Å². The van der Waals surface area contributed by atoms with Gasteiger partial charge in [-0.3, -0.25) is 0 Å². The molecule has 1 fully saturated rings. The normalized spacial score (nSPS) is 41.1. The van der Waals surface area contributed by atoms with Crippen LogP contribution >= 0.6 is 0 Å². The van der Waals surface area contributed by atoms with E-state index in [9.17, 15) is 0 Å². The highest BCUT2D eigenvalue weighted by Crippen LogP contribution is 2.40. The molecule has 1 aliphatic rings. The van der Waals surface area contributed by atoms with Gasteiger partial charge in [0.05, 0.1) is 0 Å². The molecule has 0 aromatic carbocycles. The van der Waals surface area contributed by atoms with E-state index in [2.05, 4.69) is 27.7 Å². The van der Waals surface area contributed by atoms with Gasteiger partial charge in [-0.15, -0.1) is 0 Å². The number of nitrogens with two attached hydrogens (primary N) is 1. The van der Waals surface area contributed by atoms with Gasteiger partial charge in [-0.25, -0.2) is 0 Å². The summed E-state index contributed by atoms with van der Waals surface area (Å²) in [5.41, 5.74) is 5.82. The van der Waals surface area contributed by atoms with E-state index < -0.39 is 0 Å². The van der Waals surface area contributed by atoms with Crippen LogP contribution in [0.4, 0.5) is 0 Å². The van der Waals surface area contributed by atoms with E-state index in [1.54, 1.807) is 0 Å². The Morgan fingerprint density at radius 2 is 1.85 bits per heavy atom. The van der Waals surface area contributed by atoms with Gasteiger partial charge in [0.1, 0.15) is 0 Å². The van der Waals surface area contributed by atoms with Crippen molar-refractivity contribution in [2.45, 2.75) is 40.5 Å². The van der Waals surface area contributed by atoms with E-state index in [1.807, 2.05) is 0 Å². The highest BCUT2D eigenvalue weighted by atomic mass is 14.6. The van der Waals surface area contributed by atoms with Crippen molar-refractivity contribution in [2.75, 3.05) is 6.54 Å². The van der Waals surface area contributed by atoms with Crippen LogP contribution in [0.15, 0.2) is 0 Å². The zero-order valence-electron chi connectivity index (χ0n) is 9.59. The van der Waals surface area contributed by atoms with Crippen LogP contribution < -0.4 is 5.73 Å². The molecule has 0 heterocycles. The molecule has 0 aliphatic heterocycles. The van der Waals surface area contributed by atoms with Crippen LogP contribution in [0.5, 0.6) is 0 Å². The minimum atomic E-state index is 0.774. The first kappa shape index (κ1) is 11.0. The van der Waals surface area contributed by atoms with Crippen molar-refractivity contribution in [3.8, 4) is 0 Å². The molecule has 0 radical (unpaired) electrons. The number of rotatable bonds is 2. The van der Waals surface area contributed by atoms with Gasteiger partial charge in [-0.1, -0.05) is 27.7 Å². The highest BCUT2D eigenvalue weighted by molar-refractivity contribution is 4.83. The monoisotopic (exact) mass is 183 g/mol. The van der Waals surface area contributed by atoms with Crippen LogP contribution in [0.1, 0.15) is 40.5 Å². The zero-order chi connectivity index (χ0) is 10.0. The first-order valence-corrected chi connectivity index (χ1v) is 5.76. The Kier molecular flexibility index (Phi) is 3.78. The molecule has 2 N–H and O–H groups in total. The Balaban J connectivity index is 2.58. The first-order chi connectivity index (χ1) is 6.06. The van der Waals surface area contributed by atoms with Crippen molar-refractivity contribution >= 4 is 0 Å². The lowest BCUT2D eigenvalue weighted by atomic mass is 9.66. The van der Waals surface area contributed by atoms with Crippen LogP contribution in [0, 0.1) is 29.6 Å². The molecule has 0 amide bonds. The second kappa shape index (κ2) is 4.45. The SMILES string of the molecule is CC(C)C1CC(C)C(C)C(CN)C1. The quantitative estimate of drug-likeness (QED) is 0.700. The van der Waals surface area contributed by atoms with Crippen LogP contribution in [-0.2, 0) is 0 Å². The third-order valence-electron chi connectivity index (χ3n) is 4.17. The second-order valence-corrected chi connectivity index (χ2v) is 5.31. The van der Waals surface area contributed by atoms with Crippen molar-refractivity contribution in [2.24, 2.45) is 35.3 Å². The molecule has 0 aromatic rings. The van der Waals surface area contributed by atoms with Crippen molar-refractivity contribution in [1.82, 2.24) is 0 Å². The van der Waals surface area contributed by atoms with Gasteiger partial charge in [0.2, 0.25) is 0 Å². The maximum atomic E-state index is 5.82. The predicted octanol–water partition coefficient (Wildman–Crippen LogP) is 2.90. The van der Waals surface area contributed by atoms with E-state index in [0.717, 1.165) is 36.1 Å². The Labute approximate surface area is 83.1 Å². The first-order valence-electron chi connectivity index (χ1n) is 5.76. The number of hydrogen-bond acceptors (Lipinski definition) is 1. The van der Waals surface area contributed by atoms with Gasteiger partial charge < -0.3 is 5.73 Å². The van der Waals surface area contributed by atoms with Gasteiger partial charge in [0.25, 0.3) is 0 Å². The fourth-order valence-electron chi connectivity index (χ4n) is 2.71. The largest absolute Gasteiger partial charge is 0.330 e. The molecule has 0 aromatic heterocycles. The topological polar surface area (TPSA) is 26.0 Å². The maximum Gasteiger partial charge on any atom is -0.00461 e. The minimum absolute atomic E-state index is 0.774. The lowest BCUT2D eigenvalue weighted by Crippen LogP contribution is -2.35. The molecular formula is C12H25N. The van der Waals surface area contributed by atoms with Crippen molar-refractivity contribution in [3.05, 3.63) is 0 Å². The molecule has 1 nitrogen and oxygen atoms in total. The van der Waals surface area contributed by atoms with E-state index in [1.165, 1.54) is 12.8 Å². The Morgan fingerprint density at radius 1 is 1.23 bits per heavy atom. The Bertz CT molecular complexity index is 153. The lowest BCUT2D eigenvalue weighted by Gasteiger charge is -2.40. The average molecular weight is 183 g/mol. The van der Waals surface area contributed by atoms with Gasteiger partial charge in [-0.05, 0) is 49.0 Å². The summed E-state index contributed by atoms with van der Waals surface area (Å²) in [6.45, 7) is 10.3. The third kappa shape index (κ3) is 2.46. The molecule has 1 aliphatic carbocycles. The standard InChI is InChI=1S/C12H25N/c1-8(2)11-5-9(3)10(4)12(6-11)7-13/h8-12H,5-7,13H2,1-4H3. The molecule has 1 rings (SSSR count). The summed E-state index contributed by atoms with van der Waals surface area (Å²) in [5.74, 6) is 4.23. The Morgan fingerprint density at radius 3 is 2.31 bits per heavy atom. The molecule has 0 bridgehead atoms. The third-order valence-corrected chi connectivity index (χ3v) is 4.17. The van der Waals surface area contributed by atoms with E-state index >= 15 is 0 Å². The molecule has 1 saturated carbocycles. The molecule has 4 unspecified atom stereocenters. The van der Waals surface area contributed by atoms with E-state index in [4.69, 9.17) is 5.73 Å². The van der Waals surface area contributed by atoms with Crippen LogP contribution in [0.3, 0.4) is 0 Å². The summed E-state index contributed by atoms with van der Waals surface area (Å²) in [7, 11) is 0. The second-order valence-electron chi connectivity index (χ2n) is 5.31. The van der Waals surface area contributed by atoms with Gasteiger partial charge in [0.15, 0.2) is 0 Å². The average Bonchev–Trinajstić information content (AvgIpc) is 2.09. The fraction of sp³-hybridized carbons (Fsp3) is 1.00. The summed E-state index contributed by atoms with van der Waals surface area (Å²) in [4.78, 5) is 0. The van der Waals surface area contributed by atoms with Gasteiger partial charge in [0, 0.05) is 0 Å². The fourth-order valence-corrected chi connectivity index (χ4v) is 2.71. The molecule has 0 spiro atoms. The number of hydrogen-bond donors (Lipinski definition) is 1. The van der Waals surface area contributed by atoms with E-state index in [0.29, 0.717) is 0 Å². The lowest BCUT2D eigenvalue weighted by molar-refractivity contribution is 0.108. The summed E-state index contributed by atoms with van der Waals surface area (Å²) in [5, 5.41) is 0. The Hall–Kier alpha value is -0.0400. The van der Waals surface area contributed by atoms with Gasteiger partial charge >= 0.3 is 0 Å². The molecule has 13 heavy (non-hydrogen) atoms. The van der Waals surface area contributed by atoms with Crippen molar-refractivity contribution in [1.29, 1.82) is 0 Å². The van der Waals surface area contributed by atoms with Crippen molar-refractivity contribution < 1.29 is 0 Å². The smallest absolute Gasteiger partial charge is 0.00461 e. The highest BCUT2D eigenvalue weighted by Gasteiger charge is 2.32. The summed E-state index contributed by atoms with van der Waals surface area (Å²) < 4.78 is 0. The van der Waals surface area contributed by atoms with Crippen LogP contribution in [0.25, 0.3) is 0 Å².